The van der Waals surface area contributed by atoms with E-state index < -0.39 is 11.5 Å². The summed E-state index contributed by atoms with van der Waals surface area (Å²) in [6, 6.07) is 16.4. The fraction of sp³-hybridized carbons (Fsp3) is 0.188. The Labute approximate surface area is 127 Å². The molecule has 2 aromatic carbocycles. The first-order chi connectivity index (χ1) is 10.1. The molecule has 0 radical (unpaired) electrons. The molecule has 3 N–H and O–H groups in total. The lowest BCUT2D eigenvalue weighted by Crippen LogP contribution is -2.47. The maximum Gasteiger partial charge on any atom is 0.329 e. The number of hydrogen-bond donors (Lipinski definition) is 2. The Balaban J connectivity index is 2.19. The van der Waals surface area contributed by atoms with Crippen LogP contribution in [0.25, 0.3) is 0 Å². The third kappa shape index (κ3) is 3.56. The van der Waals surface area contributed by atoms with Gasteiger partial charge in [-0.05, 0) is 23.8 Å². The van der Waals surface area contributed by atoms with Gasteiger partial charge in [0.25, 0.3) is 0 Å². The van der Waals surface area contributed by atoms with Crippen molar-refractivity contribution < 1.29 is 14.6 Å². The number of methoxy groups -OCH3 is 1. The summed E-state index contributed by atoms with van der Waals surface area (Å²) < 4.78 is 5.16. The molecule has 0 fully saturated rings. The molecule has 21 heavy (non-hydrogen) atoms. The average molecular weight is 303 g/mol. The molecule has 0 saturated carbocycles. The van der Waals surface area contributed by atoms with Crippen LogP contribution in [0.3, 0.4) is 0 Å². The largest absolute Gasteiger partial charge is 0.497 e. The standard InChI is InChI=1S/C16H17NO3S/c1-20-13-8-5-9-14(10-13)21-11-16(17,15(18)19)12-6-3-2-4-7-12/h2-10H,11,17H2,1H3,(H,18,19). The Kier molecular flexibility index (Phi) is 4.88. The molecule has 0 spiro atoms. The first-order valence-electron chi connectivity index (χ1n) is 6.41. The predicted octanol–water partition coefficient (Wildman–Crippen LogP) is 2.73. The van der Waals surface area contributed by atoms with Crippen molar-refractivity contribution in [3.8, 4) is 5.75 Å². The van der Waals surface area contributed by atoms with Crippen molar-refractivity contribution >= 4 is 17.7 Å². The lowest BCUT2D eigenvalue weighted by molar-refractivity contribution is -0.142. The summed E-state index contributed by atoms with van der Waals surface area (Å²) >= 11 is 1.39. The number of thioether (sulfide) groups is 1. The molecule has 0 bridgehead atoms. The maximum absolute atomic E-state index is 11.6. The SMILES string of the molecule is COc1cccc(SCC(N)(C(=O)O)c2ccccc2)c1. The van der Waals surface area contributed by atoms with Gasteiger partial charge in [-0.15, -0.1) is 11.8 Å². The number of hydrogen-bond acceptors (Lipinski definition) is 4. The summed E-state index contributed by atoms with van der Waals surface area (Å²) in [7, 11) is 1.60. The van der Waals surface area contributed by atoms with E-state index in [0.29, 0.717) is 5.56 Å². The first kappa shape index (κ1) is 15.4. The van der Waals surface area contributed by atoms with E-state index in [1.54, 1.807) is 31.4 Å². The summed E-state index contributed by atoms with van der Waals surface area (Å²) in [6.45, 7) is 0. The second-order valence-electron chi connectivity index (χ2n) is 4.61. The van der Waals surface area contributed by atoms with Crippen molar-refractivity contribution in [2.45, 2.75) is 10.4 Å². The fourth-order valence-corrected chi connectivity index (χ4v) is 2.95. The van der Waals surface area contributed by atoms with E-state index in [9.17, 15) is 9.90 Å². The van der Waals surface area contributed by atoms with Gasteiger partial charge in [-0.25, -0.2) is 4.79 Å². The van der Waals surface area contributed by atoms with Gasteiger partial charge in [-0.2, -0.15) is 0 Å². The van der Waals surface area contributed by atoms with Gasteiger partial charge in [0.05, 0.1) is 7.11 Å². The number of aliphatic carboxylic acids is 1. The van der Waals surface area contributed by atoms with E-state index in [-0.39, 0.29) is 5.75 Å². The van der Waals surface area contributed by atoms with Crippen LogP contribution in [0.2, 0.25) is 0 Å². The summed E-state index contributed by atoms with van der Waals surface area (Å²) in [5, 5.41) is 9.50. The van der Waals surface area contributed by atoms with E-state index in [1.807, 2.05) is 30.3 Å². The van der Waals surface area contributed by atoms with E-state index in [0.717, 1.165) is 10.6 Å². The highest BCUT2D eigenvalue weighted by molar-refractivity contribution is 7.99. The number of ether oxygens (including phenoxy) is 1. The maximum atomic E-state index is 11.6. The minimum absolute atomic E-state index is 0.236. The molecule has 1 atom stereocenters. The molecule has 0 amide bonds. The van der Waals surface area contributed by atoms with E-state index >= 15 is 0 Å². The number of carboxylic acids is 1. The topological polar surface area (TPSA) is 72.5 Å². The number of rotatable bonds is 6. The minimum atomic E-state index is -1.42. The molecular weight excluding hydrogens is 286 g/mol. The van der Waals surface area contributed by atoms with Crippen molar-refractivity contribution in [3.63, 3.8) is 0 Å². The lowest BCUT2D eigenvalue weighted by Gasteiger charge is -2.24. The number of carboxylic acid groups (broad SMARTS) is 1. The van der Waals surface area contributed by atoms with Crippen molar-refractivity contribution in [1.29, 1.82) is 0 Å². The first-order valence-corrected chi connectivity index (χ1v) is 7.39. The zero-order chi connectivity index (χ0) is 15.3. The molecule has 1 unspecified atom stereocenters. The van der Waals surface area contributed by atoms with Gasteiger partial charge < -0.3 is 15.6 Å². The van der Waals surface area contributed by atoms with Gasteiger partial charge in [-0.1, -0.05) is 36.4 Å². The normalized spacial score (nSPS) is 13.4. The van der Waals surface area contributed by atoms with Gasteiger partial charge in [0.2, 0.25) is 0 Å². The zero-order valence-electron chi connectivity index (χ0n) is 11.7. The average Bonchev–Trinajstić information content (AvgIpc) is 2.53. The Bertz CT molecular complexity index is 618. The Morgan fingerprint density at radius 3 is 2.57 bits per heavy atom. The highest BCUT2D eigenvalue weighted by atomic mass is 32.2. The molecule has 0 aromatic heterocycles. The van der Waals surface area contributed by atoms with Crippen LogP contribution >= 0.6 is 11.8 Å². The van der Waals surface area contributed by atoms with Crippen LogP contribution in [0.15, 0.2) is 59.5 Å². The van der Waals surface area contributed by atoms with Crippen molar-refractivity contribution in [2.75, 3.05) is 12.9 Å². The summed E-state index contributed by atoms with van der Waals surface area (Å²) in [6.07, 6.45) is 0. The van der Waals surface area contributed by atoms with Gasteiger partial charge in [0, 0.05) is 10.6 Å². The minimum Gasteiger partial charge on any atom is -0.497 e. The molecule has 2 rings (SSSR count). The lowest BCUT2D eigenvalue weighted by atomic mass is 9.93. The summed E-state index contributed by atoms with van der Waals surface area (Å²) in [4.78, 5) is 12.5. The Morgan fingerprint density at radius 2 is 1.95 bits per heavy atom. The van der Waals surface area contributed by atoms with Gasteiger partial charge in [-0.3, -0.25) is 0 Å². The second kappa shape index (κ2) is 6.65. The molecule has 0 aliphatic heterocycles. The highest BCUT2D eigenvalue weighted by Gasteiger charge is 2.36. The van der Waals surface area contributed by atoms with Crippen LogP contribution in [0.4, 0.5) is 0 Å². The third-order valence-corrected chi connectivity index (χ3v) is 4.37. The zero-order valence-corrected chi connectivity index (χ0v) is 12.5. The Morgan fingerprint density at radius 1 is 1.24 bits per heavy atom. The van der Waals surface area contributed by atoms with E-state index in [4.69, 9.17) is 10.5 Å². The van der Waals surface area contributed by atoms with E-state index in [1.165, 1.54) is 11.8 Å². The van der Waals surface area contributed by atoms with E-state index in [2.05, 4.69) is 0 Å². The third-order valence-electron chi connectivity index (χ3n) is 3.18. The van der Waals surface area contributed by atoms with Crippen LogP contribution < -0.4 is 10.5 Å². The molecule has 2 aromatic rings. The number of benzene rings is 2. The van der Waals surface area contributed by atoms with Crippen LogP contribution in [0.5, 0.6) is 5.75 Å². The molecule has 0 aliphatic rings. The molecule has 110 valence electrons. The van der Waals surface area contributed by atoms with Crippen molar-refractivity contribution in [1.82, 2.24) is 0 Å². The highest BCUT2D eigenvalue weighted by Crippen LogP contribution is 2.30. The van der Waals surface area contributed by atoms with Crippen LogP contribution in [-0.2, 0) is 10.3 Å². The Hall–Kier alpha value is -1.98. The monoisotopic (exact) mass is 303 g/mol. The van der Waals surface area contributed by atoms with Crippen molar-refractivity contribution in [2.24, 2.45) is 5.73 Å². The quantitative estimate of drug-likeness (QED) is 0.803. The van der Waals surface area contributed by atoms with Crippen molar-refractivity contribution in [3.05, 3.63) is 60.2 Å². The molecular formula is C16H17NO3S. The van der Waals surface area contributed by atoms with Gasteiger partial charge in [0.1, 0.15) is 11.3 Å². The van der Waals surface area contributed by atoms with Crippen LogP contribution in [-0.4, -0.2) is 23.9 Å². The molecule has 0 saturated heterocycles. The molecule has 0 heterocycles. The smallest absolute Gasteiger partial charge is 0.329 e. The molecule has 4 nitrogen and oxygen atoms in total. The summed E-state index contributed by atoms with van der Waals surface area (Å²) in [5.74, 6) is -0.0683. The number of carbonyl (C=O) groups is 1. The number of nitrogens with two attached hydrogens (primary N) is 1. The van der Waals surface area contributed by atoms with Gasteiger partial charge in [0.15, 0.2) is 0 Å². The summed E-state index contributed by atoms with van der Waals surface area (Å²) in [5.41, 5.74) is 5.30. The van der Waals surface area contributed by atoms with Gasteiger partial charge >= 0.3 is 5.97 Å². The predicted molar refractivity (Wildman–Crippen MR) is 83.7 cm³/mol. The fourth-order valence-electron chi connectivity index (χ4n) is 1.89. The second-order valence-corrected chi connectivity index (χ2v) is 5.66. The van der Waals surface area contributed by atoms with Crippen LogP contribution in [0.1, 0.15) is 5.56 Å². The molecule has 0 aliphatic carbocycles. The van der Waals surface area contributed by atoms with Crippen LogP contribution in [0, 0.1) is 0 Å². The molecule has 5 heteroatoms.